The van der Waals surface area contributed by atoms with Crippen molar-refractivity contribution < 1.29 is 14.3 Å². The molecule has 29 heavy (non-hydrogen) atoms. The van der Waals surface area contributed by atoms with Gasteiger partial charge < -0.3 is 9.64 Å². The highest BCUT2D eigenvalue weighted by Crippen LogP contribution is 2.29. The van der Waals surface area contributed by atoms with E-state index in [2.05, 4.69) is 15.4 Å². The Kier molecular flexibility index (Phi) is 5.30. The topological polar surface area (TPSA) is 89.3 Å². The lowest BCUT2D eigenvalue weighted by molar-refractivity contribution is 0.0725. The van der Waals surface area contributed by atoms with Gasteiger partial charge in [0.2, 0.25) is 0 Å². The van der Waals surface area contributed by atoms with Crippen LogP contribution < -0.4 is 5.32 Å². The third kappa shape index (κ3) is 4.00. The standard InChI is InChI=1S/C20H21N5O3S/c1-3-28-20(27)22-19-21-14-9-10-25(12-17(14)29-19)18(26)16-11-15(23-24(16)2)13-7-5-4-6-8-13/h4-8,11H,3,9-10,12H2,1-2H3,(H,21,22,27). The maximum absolute atomic E-state index is 13.1. The Bertz CT molecular complexity index is 1040. The molecule has 0 atom stereocenters. The second-order valence-corrected chi connectivity index (χ2v) is 7.70. The van der Waals surface area contributed by atoms with Crippen molar-refractivity contribution in [3.05, 3.63) is 52.7 Å². The number of carbonyl (C=O) groups is 2. The van der Waals surface area contributed by atoms with Crippen molar-refractivity contribution in [2.75, 3.05) is 18.5 Å². The number of thiazole rings is 1. The molecule has 1 aliphatic rings. The van der Waals surface area contributed by atoms with Gasteiger partial charge in [0.05, 0.1) is 24.5 Å². The molecule has 1 N–H and O–H groups in total. The average molecular weight is 411 g/mol. The van der Waals surface area contributed by atoms with Crippen LogP contribution in [0.5, 0.6) is 0 Å². The molecule has 2 aromatic heterocycles. The largest absolute Gasteiger partial charge is 0.450 e. The second-order valence-electron chi connectivity index (χ2n) is 6.62. The number of aryl methyl sites for hydroxylation is 1. The van der Waals surface area contributed by atoms with Gasteiger partial charge in [-0.05, 0) is 13.0 Å². The molecule has 0 unspecified atom stereocenters. The number of benzene rings is 1. The fraction of sp³-hybridized carbons (Fsp3) is 0.300. The smallest absolute Gasteiger partial charge is 0.413 e. The SMILES string of the molecule is CCOC(=O)Nc1nc2c(s1)CN(C(=O)c1cc(-c3ccccc3)nn1C)CC2. The first-order chi connectivity index (χ1) is 14.0. The van der Waals surface area contributed by atoms with E-state index in [0.29, 0.717) is 36.9 Å². The summed E-state index contributed by atoms with van der Waals surface area (Å²) in [5.74, 6) is -0.0684. The third-order valence-corrected chi connectivity index (χ3v) is 5.67. The molecule has 9 heteroatoms. The number of amides is 2. The number of carbonyl (C=O) groups excluding carboxylic acids is 2. The van der Waals surface area contributed by atoms with Crippen LogP contribution in [0.1, 0.15) is 28.0 Å². The van der Waals surface area contributed by atoms with Crippen molar-refractivity contribution in [3.8, 4) is 11.3 Å². The van der Waals surface area contributed by atoms with Crippen molar-refractivity contribution in [1.29, 1.82) is 0 Å². The number of ether oxygens (including phenoxy) is 1. The van der Waals surface area contributed by atoms with Gasteiger partial charge in [0.15, 0.2) is 5.13 Å². The zero-order valence-corrected chi connectivity index (χ0v) is 17.0. The molecule has 4 rings (SSSR count). The van der Waals surface area contributed by atoms with Crippen molar-refractivity contribution in [2.45, 2.75) is 19.9 Å². The number of anilines is 1. The molecule has 3 aromatic rings. The van der Waals surface area contributed by atoms with Gasteiger partial charge in [-0.15, -0.1) is 0 Å². The summed E-state index contributed by atoms with van der Waals surface area (Å²) in [5, 5.41) is 7.62. The molecule has 2 amide bonds. The van der Waals surface area contributed by atoms with Crippen LogP contribution in [0.25, 0.3) is 11.3 Å². The molecule has 8 nitrogen and oxygen atoms in total. The Morgan fingerprint density at radius 3 is 2.83 bits per heavy atom. The minimum absolute atomic E-state index is 0.0684. The van der Waals surface area contributed by atoms with E-state index in [9.17, 15) is 9.59 Å². The van der Waals surface area contributed by atoms with E-state index in [1.54, 1.807) is 23.6 Å². The molecule has 0 saturated heterocycles. The quantitative estimate of drug-likeness (QED) is 0.711. The van der Waals surface area contributed by atoms with Crippen molar-refractivity contribution in [2.24, 2.45) is 7.05 Å². The Balaban J connectivity index is 1.50. The molecule has 3 heterocycles. The van der Waals surface area contributed by atoms with E-state index in [0.717, 1.165) is 21.8 Å². The van der Waals surface area contributed by atoms with Crippen LogP contribution in [0.15, 0.2) is 36.4 Å². The summed E-state index contributed by atoms with van der Waals surface area (Å²) in [6.07, 6.45) is 0.126. The summed E-state index contributed by atoms with van der Waals surface area (Å²) in [6.45, 7) is 3.08. The lowest BCUT2D eigenvalue weighted by Crippen LogP contribution is -2.36. The van der Waals surface area contributed by atoms with Gasteiger partial charge in [0.1, 0.15) is 5.69 Å². The Hall–Kier alpha value is -3.20. The van der Waals surface area contributed by atoms with Crippen LogP contribution >= 0.6 is 11.3 Å². The summed E-state index contributed by atoms with van der Waals surface area (Å²) in [6, 6.07) is 11.6. The van der Waals surface area contributed by atoms with E-state index >= 15 is 0 Å². The van der Waals surface area contributed by atoms with Gasteiger partial charge in [-0.2, -0.15) is 5.10 Å². The van der Waals surface area contributed by atoms with Crippen LogP contribution in [0.2, 0.25) is 0 Å². The highest BCUT2D eigenvalue weighted by molar-refractivity contribution is 7.15. The van der Waals surface area contributed by atoms with Crippen LogP contribution in [0.4, 0.5) is 9.93 Å². The molecular weight excluding hydrogens is 390 g/mol. The minimum atomic E-state index is -0.519. The first kappa shape index (κ1) is 19.1. The Labute approximate surface area is 172 Å². The highest BCUT2D eigenvalue weighted by atomic mass is 32.1. The van der Waals surface area contributed by atoms with E-state index in [4.69, 9.17) is 4.74 Å². The van der Waals surface area contributed by atoms with Crippen molar-refractivity contribution in [3.63, 3.8) is 0 Å². The fourth-order valence-corrected chi connectivity index (χ4v) is 4.27. The van der Waals surface area contributed by atoms with Crippen LogP contribution in [-0.4, -0.2) is 44.8 Å². The number of fused-ring (bicyclic) bond motifs is 1. The molecule has 0 aliphatic carbocycles. The summed E-state index contributed by atoms with van der Waals surface area (Å²) in [4.78, 5) is 31.9. The second kappa shape index (κ2) is 8.04. The van der Waals surface area contributed by atoms with E-state index < -0.39 is 6.09 Å². The van der Waals surface area contributed by atoms with Gasteiger partial charge in [-0.1, -0.05) is 41.7 Å². The lowest BCUT2D eigenvalue weighted by Gasteiger charge is -2.25. The number of rotatable bonds is 4. The molecular formula is C20H21N5O3S. The maximum Gasteiger partial charge on any atom is 0.413 e. The number of nitrogens with one attached hydrogen (secondary N) is 1. The predicted molar refractivity (Wildman–Crippen MR) is 110 cm³/mol. The normalized spacial score (nSPS) is 13.1. The van der Waals surface area contributed by atoms with Crippen molar-refractivity contribution in [1.82, 2.24) is 19.7 Å². The van der Waals surface area contributed by atoms with Gasteiger partial charge in [0.25, 0.3) is 5.91 Å². The number of nitrogens with zero attached hydrogens (tertiary/aromatic N) is 4. The lowest BCUT2D eigenvalue weighted by atomic mass is 10.1. The molecule has 0 radical (unpaired) electrons. The third-order valence-electron chi connectivity index (χ3n) is 4.67. The summed E-state index contributed by atoms with van der Waals surface area (Å²) in [7, 11) is 1.78. The molecule has 0 fully saturated rings. The van der Waals surface area contributed by atoms with Gasteiger partial charge in [-0.3, -0.25) is 14.8 Å². The fourth-order valence-electron chi connectivity index (χ4n) is 3.26. The van der Waals surface area contributed by atoms with Crippen LogP contribution in [-0.2, 0) is 24.8 Å². The van der Waals surface area contributed by atoms with Gasteiger partial charge in [-0.25, -0.2) is 9.78 Å². The first-order valence-electron chi connectivity index (χ1n) is 9.36. The minimum Gasteiger partial charge on any atom is -0.450 e. The zero-order chi connectivity index (χ0) is 20.4. The van der Waals surface area contributed by atoms with E-state index in [-0.39, 0.29) is 5.91 Å². The van der Waals surface area contributed by atoms with E-state index in [1.165, 1.54) is 11.3 Å². The zero-order valence-electron chi connectivity index (χ0n) is 16.2. The molecule has 0 saturated carbocycles. The Morgan fingerprint density at radius 1 is 1.28 bits per heavy atom. The maximum atomic E-state index is 13.1. The number of hydrogen-bond donors (Lipinski definition) is 1. The number of aromatic nitrogens is 3. The molecule has 1 aliphatic heterocycles. The summed E-state index contributed by atoms with van der Waals surface area (Å²) >= 11 is 1.37. The summed E-state index contributed by atoms with van der Waals surface area (Å²) < 4.78 is 6.51. The molecule has 0 spiro atoms. The molecule has 0 bridgehead atoms. The number of hydrogen-bond acceptors (Lipinski definition) is 6. The molecule has 150 valence electrons. The van der Waals surface area contributed by atoms with E-state index in [1.807, 2.05) is 36.4 Å². The molecule has 1 aromatic carbocycles. The van der Waals surface area contributed by atoms with Gasteiger partial charge >= 0.3 is 6.09 Å². The predicted octanol–water partition coefficient (Wildman–Crippen LogP) is 3.31. The van der Waals surface area contributed by atoms with Crippen LogP contribution in [0.3, 0.4) is 0 Å². The highest BCUT2D eigenvalue weighted by Gasteiger charge is 2.27. The monoisotopic (exact) mass is 411 g/mol. The first-order valence-corrected chi connectivity index (χ1v) is 10.2. The Morgan fingerprint density at radius 2 is 2.07 bits per heavy atom. The van der Waals surface area contributed by atoms with Crippen molar-refractivity contribution >= 4 is 28.5 Å². The van der Waals surface area contributed by atoms with Crippen LogP contribution in [0, 0.1) is 0 Å². The van der Waals surface area contributed by atoms with Gasteiger partial charge in [0, 0.05) is 30.5 Å². The average Bonchev–Trinajstić information content (AvgIpc) is 3.30. The summed E-state index contributed by atoms with van der Waals surface area (Å²) in [5.41, 5.74) is 3.20.